The number of unbranched alkanes of at least 4 members (excludes halogenated alkanes) is 1. The van der Waals surface area contributed by atoms with Gasteiger partial charge in [-0.25, -0.2) is 9.59 Å². The van der Waals surface area contributed by atoms with Crippen molar-refractivity contribution < 1.29 is 29.0 Å². The van der Waals surface area contributed by atoms with Gasteiger partial charge in [0.1, 0.15) is 10.8 Å². The van der Waals surface area contributed by atoms with Gasteiger partial charge >= 0.3 is 11.9 Å². The number of aliphatic carboxylic acids is 1. The zero-order valence-corrected chi connectivity index (χ0v) is 21.9. The summed E-state index contributed by atoms with van der Waals surface area (Å²) in [7, 11) is 0. The molecular formula is C26H34Cl2O6. The SMILES string of the molecule is CCCCC1(C2CCCC2)Cc2cc(OC(CC)C(=O)OC(C)(C)C(=O)O)c(Cl)c(Cl)c2C1=O. The van der Waals surface area contributed by atoms with E-state index in [1.165, 1.54) is 13.8 Å². The number of carboxylic acid groups (broad SMARTS) is 1. The standard InChI is InChI=1S/C26H34Cl2O6/c1-5-7-12-26(16-10-8-9-11-16)14-15-13-18(20(27)21(28)19(15)22(26)29)33-17(6-2)23(30)34-25(3,4)24(31)32/h13,16-17H,5-12,14H2,1-4H3,(H,31,32). The predicted octanol–water partition coefficient (Wildman–Crippen LogP) is 6.66. The molecule has 34 heavy (non-hydrogen) atoms. The average Bonchev–Trinajstić information content (AvgIpc) is 3.41. The summed E-state index contributed by atoms with van der Waals surface area (Å²) in [6.07, 6.45) is 6.91. The van der Waals surface area contributed by atoms with Gasteiger partial charge in [0.05, 0.1) is 5.02 Å². The van der Waals surface area contributed by atoms with E-state index >= 15 is 0 Å². The minimum atomic E-state index is -1.69. The predicted molar refractivity (Wildman–Crippen MR) is 131 cm³/mol. The van der Waals surface area contributed by atoms with Crippen LogP contribution in [0.5, 0.6) is 5.75 Å². The molecule has 0 amide bonds. The maximum absolute atomic E-state index is 13.8. The van der Waals surface area contributed by atoms with Gasteiger partial charge < -0.3 is 14.6 Å². The molecule has 3 rings (SSSR count). The lowest BCUT2D eigenvalue weighted by molar-refractivity contribution is -0.179. The quantitative estimate of drug-likeness (QED) is 0.352. The number of esters is 1. The third kappa shape index (κ3) is 4.94. The zero-order chi connectivity index (χ0) is 25.3. The largest absolute Gasteiger partial charge is 0.478 e. The van der Waals surface area contributed by atoms with Crippen LogP contribution in [0.25, 0.3) is 0 Å². The number of rotatable bonds is 10. The summed E-state index contributed by atoms with van der Waals surface area (Å²) in [6.45, 7) is 6.44. The average molecular weight is 513 g/mol. The Bertz CT molecular complexity index is 967. The van der Waals surface area contributed by atoms with Crippen LogP contribution in [0.3, 0.4) is 0 Å². The highest BCUT2D eigenvalue weighted by Crippen LogP contribution is 2.55. The van der Waals surface area contributed by atoms with Gasteiger partial charge in [-0.3, -0.25) is 4.79 Å². The van der Waals surface area contributed by atoms with Crippen LogP contribution in [0, 0.1) is 11.3 Å². The third-order valence-electron chi connectivity index (χ3n) is 7.33. The second-order valence-electron chi connectivity index (χ2n) is 10.0. The number of hydrogen-bond donors (Lipinski definition) is 1. The van der Waals surface area contributed by atoms with Gasteiger partial charge in [-0.15, -0.1) is 0 Å². The number of Topliss-reactive ketones (excluding diaryl/α,β-unsaturated/α-hetero) is 1. The van der Waals surface area contributed by atoms with Crippen molar-refractivity contribution in [2.24, 2.45) is 11.3 Å². The zero-order valence-electron chi connectivity index (χ0n) is 20.3. The molecule has 1 fully saturated rings. The molecule has 0 spiro atoms. The van der Waals surface area contributed by atoms with Crippen LogP contribution in [0.1, 0.15) is 95.0 Å². The number of benzene rings is 1. The molecule has 0 aromatic heterocycles. The lowest BCUT2D eigenvalue weighted by atomic mass is 9.68. The van der Waals surface area contributed by atoms with Gasteiger partial charge in [-0.1, -0.05) is 62.7 Å². The number of halogens is 2. The lowest BCUT2D eigenvalue weighted by Gasteiger charge is -2.34. The molecule has 188 valence electrons. The number of carboxylic acids is 1. The monoisotopic (exact) mass is 512 g/mol. The molecule has 6 nitrogen and oxygen atoms in total. The minimum absolute atomic E-state index is 0.0789. The molecule has 2 aliphatic carbocycles. The van der Waals surface area contributed by atoms with E-state index in [0.717, 1.165) is 50.5 Å². The first-order chi connectivity index (χ1) is 16.0. The maximum atomic E-state index is 13.8. The molecule has 2 aliphatic rings. The minimum Gasteiger partial charge on any atom is -0.478 e. The van der Waals surface area contributed by atoms with Crippen LogP contribution in [-0.4, -0.2) is 34.5 Å². The van der Waals surface area contributed by atoms with Crippen LogP contribution >= 0.6 is 23.2 Å². The van der Waals surface area contributed by atoms with Gasteiger partial charge in [0.2, 0.25) is 5.60 Å². The van der Waals surface area contributed by atoms with Crippen LogP contribution in [-0.2, 0) is 20.7 Å². The molecular weight excluding hydrogens is 479 g/mol. The second-order valence-corrected chi connectivity index (χ2v) is 10.8. The molecule has 0 aliphatic heterocycles. The number of ketones is 1. The number of carbonyl (C=O) groups excluding carboxylic acids is 2. The van der Waals surface area contributed by atoms with Gasteiger partial charge in [0.25, 0.3) is 0 Å². The molecule has 1 aromatic carbocycles. The van der Waals surface area contributed by atoms with E-state index in [0.29, 0.717) is 17.9 Å². The smallest absolute Gasteiger partial charge is 0.348 e. The Labute approximate surface area is 211 Å². The fourth-order valence-electron chi connectivity index (χ4n) is 5.31. The third-order valence-corrected chi connectivity index (χ3v) is 8.18. The van der Waals surface area contributed by atoms with E-state index in [-0.39, 0.29) is 28.0 Å². The van der Waals surface area contributed by atoms with Crippen molar-refractivity contribution >= 4 is 40.9 Å². The van der Waals surface area contributed by atoms with Crippen molar-refractivity contribution in [1.82, 2.24) is 0 Å². The number of fused-ring (bicyclic) bond motifs is 1. The first-order valence-electron chi connectivity index (χ1n) is 12.2. The van der Waals surface area contributed by atoms with Crippen LogP contribution in [0.15, 0.2) is 6.07 Å². The summed E-state index contributed by atoms with van der Waals surface area (Å²) < 4.78 is 11.1. The molecule has 0 saturated heterocycles. The van der Waals surface area contributed by atoms with E-state index in [2.05, 4.69) is 6.92 Å². The summed E-state index contributed by atoms with van der Waals surface area (Å²) in [5.74, 6) is -1.45. The van der Waals surface area contributed by atoms with Gasteiger partial charge in [0.15, 0.2) is 11.9 Å². The summed E-state index contributed by atoms with van der Waals surface area (Å²) >= 11 is 13.2. The van der Waals surface area contributed by atoms with Crippen molar-refractivity contribution in [2.45, 2.75) is 97.2 Å². The second kappa shape index (κ2) is 10.4. The molecule has 1 saturated carbocycles. The van der Waals surface area contributed by atoms with E-state index in [1.54, 1.807) is 13.0 Å². The molecule has 2 unspecified atom stereocenters. The van der Waals surface area contributed by atoms with E-state index in [4.69, 9.17) is 32.7 Å². The highest BCUT2D eigenvalue weighted by molar-refractivity contribution is 6.45. The van der Waals surface area contributed by atoms with Crippen LogP contribution in [0.2, 0.25) is 10.0 Å². The molecule has 8 heteroatoms. The van der Waals surface area contributed by atoms with Crippen molar-refractivity contribution in [3.05, 3.63) is 27.2 Å². The van der Waals surface area contributed by atoms with Crippen LogP contribution in [0.4, 0.5) is 0 Å². The highest BCUT2D eigenvalue weighted by atomic mass is 35.5. The Morgan fingerprint density at radius 2 is 1.85 bits per heavy atom. The highest BCUT2D eigenvalue weighted by Gasteiger charge is 2.52. The van der Waals surface area contributed by atoms with Crippen molar-refractivity contribution in [2.75, 3.05) is 0 Å². The number of hydrogen-bond acceptors (Lipinski definition) is 5. The summed E-state index contributed by atoms with van der Waals surface area (Å²) in [4.78, 5) is 37.8. The van der Waals surface area contributed by atoms with Gasteiger partial charge in [-0.05, 0) is 63.5 Å². The van der Waals surface area contributed by atoms with E-state index in [9.17, 15) is 19.5 Å². The van der Waals surface area contributed by atoms with Crippen molar-refractivity contribution in [3.8, 4) is 5.75 Å². The number of ether oxygens (including phenoxy) is 2. The fourth-order valence-corrected chi connectivity index (χ4v) is 5.80. The van der Waals surface area contributed by atoms with Gasteiger partial charge in [-0.2, -0.15) is 0 Å². The Morgan fingerprint density at radius 1 is 1.21 bits per heavy atom. The van der Waals surface area contributed by atoms with Crippen LogP contribution < -0.4 is 4.74 Å². The first-order valence-corrected chi connectivity index (χ1v) is 12.9. The number of carbonyl (C=O) groups is 3. The summed E-state index contributed by atoms with van der Waals surface area (Å²) in [5.41, 5.74) is -0.884. The Kier molecular flexibility index (Phi) is 8.24. The van der Waals surface area contributed by atoms with Crippen molar-refractivity contribution in [1.29, 1.82) is 0 Å². The normalized spacial score (nSPS) is 21.4. The van der Waals surface area contributed by atoms with Crippen molar-refractivity contribution in [3.63, 3.8) is 0 Å². The molecule has 0 heterocycles. The Morgan fingerprint density at radius 3 is 2.41 bits per heavy atom. The molecule has 0 radical (unpaired) electrons. The molecule has 1 N–H and O–H groups in total. The Balaban J connectivity index is 1.92. The molecule has 2 atom stereocenters. The first kappa shape index (κ1) is 26.8. The van der Waals surface area contributed by atoms with Gasteiger partial charge in [0, 0.05) is 11.0 Å². The summed E-state index contributed by atoms with van der Waals surface area (Å²) in [6, 6.07) is 1.72. The summed E-state index contributed by atoms with van der Waals surface area (Å²) in [5, 5.41) is 9.49. The maximum Gasteiger partial charge on any atom is 0.348 e. The lowest BCUT2D eigenvalue weighted by Crippen LogP contribution is -2.41. The molecule has 1 aromatic rings. The van der Waals surface area contributed by atoms with E-state index < -0.39 is 29.1 Å². The van der Waals surface area contributed by atoms with E-state index in [1.807, 2.05) is 0 Å². The topological polar surface area (TPSA) is 89.9 Å². The Hall–Kier alpha value is -1.79. The molecule has 0 bridgehead atoms. The fraction of sp³-hybridized carbons (Fsp3) is 0.654.